The summed E-state index contributed by atoms with van der Waals surface area (Å²) >= 11 is 0. The molecule has 2 aromatic heterocycles. The van der Waals surface area contributed by atoms with E-state index in [0.29, 0.717) is 35.6 Å². The van der Waals surface area contributed by atoms with Gasteiger partial charge in [0.1, 0.15) is 29.3 Å². The number of methoxy groups -OCH3 is 2. The maximum absolute atomic E-state index is 15.3. The first kappa shape index (κ1) is 31.7. The molecule has 14 nitrogen and oxygen atoms in total. The van der Waals surface area contributed by atoms with Gasteiger partial charge in [-0.05, 0) is 31.0 Å². The molecule has 1 saturated carbocycles. The van der Waals surface area contributed by atoms with Gasteiger partial charge in [0, 0.05) is 31.2 Å². The van der Waals surface area contributed by atoms with Crippen LogP contribution in [0.15, 0.2) is 40.4 Å². The quantitative estimate of drug-likeness (QED) is 0.233. The maximum atomic E-state index is 15.3. The Morgan fingerprint density at radius 3 is 2.40 bits per heavy atom. The van der Waals surface area contributed by atoms with Crippen molar-refractivity contribution in [1.82, 2.24) is 9.55 Å². The van der Waals surface area contributed by atoms with Crippen LogP contribution in [0.3, 0.4) is 0 Å². The zero-order valence-corrected chi connectivity index (χ0v) is 24.5. The number of halogens is 1. The van der Waals surface area contributed by atoms with E-state index in [1.165, 1.54) is 6.20 Å². The summed E-state index contributed by atoms with van der Waals surface area (Å²) in [5.74, 6) is -1.04. The Hall–Kier alpha value is -4.28. The third-order valence-electron chi connectivity index (χ3n) is 6.88. The van der Waals surface area contributed by atoms with Gasteiger partial charge < -0.3 is 34.6 Å². The lowest BCUT2D eigenvalue weighted by atomic mass is 10.1. The number of rotatable bonds is 9. The molecule has 1 unspecified atom stereocenters. The van der Waals surface area contributed by atoms with Crippen molar-refractivity contribution in [2.24, 2.45) is 16.8 Å². The number of pyridine rings is 2. The van der Waals surface area contributed by atoms with Crippen molar-refractivity contribution in [3.8, 4) is 11.5 Å². The van der Waals surface area contributed by atoms with Crippen LogP contribution < -0.4 is 25.5 Å². The molecule has 43 heavy (non-hydrogen) atoms. The Morgan fingerprint density at radius 2 is 1.86 bits per heavy atom. The van der Waals surface area contributed by atoms with Crippen LogP contribution in [-0.4, -0.2) is 79.4 Å². The summed E-state index contributed by atoms with van der Waals surface area (Å²) in [4.78, 5) is 36.2. The molecule has 1 aliphatic carbocycles. The first-order valence-corrected chi connectivity index (χ1v) is 15.0. The summed E-state index contributed by atoms with van der Waals surface area (Å²) in [5, 5.41) is 13.7. The summed E-state index contributed by atoms with van der Waals surface area (Å²) < 4.78 is 53.6. The van der Waals surface area contributed by atoms with Crippen molar-refractivity contribution in [2.45, 2.75) is 25.5 Å². The number of aromatic nitrogens is 2. The van der Waals surface area contributed by atoms with Gasteiger partial charge in [-0.2, -0.15) is 8.42 Å². The summed E-state index contributed by atoms with van der Waals surface area (Å²) in [6.45, 7) is 0.935. The summed E-state index contributed by atoms with van der Waals surface area (Å²) in [6.07, 6.45) is 3.68. The average Bonchev–Trinajstić information content (AvgIpc) is 3.71. The first-order valence-electron chi connectivity index (χ1n) is 13.1. The van der Waals surface area contributed by atoms with Gasteiger partial charge in [-0.3, -0.25) is 9.35 Å². The highest BCUT2D eigenvalue weighted by Gasteiger charge is 2.33. The Labute approximate surface area is 246 Å². The molecule has 1 saturated heterocycles. The molecule has 0 bridgehead atoms. The van der Waals surface area contributed by atoms with Crippen LogP contribution in [0.25, 0.3) is 11.0 Å². The lowest BCUT2D eigenvalue weighted by molar-refractivity contribution is 0.0694. The zero-order valence-electron chi connectivity index (χ0n) is 23.7. The van der Waals surface area contributed by atoms with Crippen molar-refractivity contribution >= 4 is 38.7 Å². The fraction of sp³-hybridized carbons (Fsp3) is 0.407. The number of hydrogen-bond acceptors (Lipinski definition) is 11. The number of carboxylic acid groups (broad SMARTS) is 1. The third-order valence-corrected chi connectivity index (χ3v) is 6.88. The van der Waals surface area contributed by atoms with Crippen molar-refractivity contribution in [3.05, 3.63) is 57.6 Å². The Kier molecular flexibility index (Phi) is 9.52. The maximum Gasteiger partial charge on any atom is 0.341 e. The molecule has 0 amide bonds. The van der Waals surface area contributed by atoms with Crippen LogP contribution in [0.2, 0.25) is 0 Å². The third kappa shape index (κ3) is 7.39. The number of carboxylic acids is 1. The van der Waals surface area contributed by atoms with Gasteiger partial charge in [-0.15, -0.1) is 0 Å². The highest BCUT2D eigenvalue weighted by molar-refractivity contribution is 7.85. The van der Waals surface area contributed by atoms with Crippen molar-refractivity contribution < 1.29 is 41.6 Å². The van der Waals surface area contributed by atoms with E-state index in [2.05, 4.69) is 10.1 Å². The standard InChI is InChI=1S/C26H28FN5O6.CH4O3S/c1-36-21-4-3-5-22(37-2)18(21)13-38-30-20-12-31(10-14(20)9-28)25-19(27)8-16-23(33)17(26(34)35)11-32(15-6-7-15)24(16)29-25;1-5(2,3)4/h3-5,8,11,14-15H,6-7,9-10,12-13,28H2,1-2H3,(H,34,35);1H3,(H,2,3,4)/b30-20+;. The fourth-order valence-corrected chi connectivity index (χ4v) is 4.73. The minimum absolute atomic E-state index is 0.0230. The smallest absolute Gasteiger partial charge is 0.341 e. The largest absolute Gasteiger partial charge is 0.496 e. The summed E-state index contributed by atoms with van der Waals surface area (Å²) in [5.41, 5.74) is 6.41. The van der Waals surface area contributed by atoms with Gasteiger partial charge in [0.05, 0.1) is 43.7 Å². The predicted octanol–water partition coefficient (Wildman–Crippen LogP) is 2.06. The van der Waals surface area contributed by atoms with Crippen LogP contribution in [-0.2, 0) is 21.6 Å². The van der Waals surface area contributed by atoms with Crippen LogP contribution in [0.4, 0.5) is 10.2 Å². The number of oxime groups is 1. The SMILES string of the molecule is COc1cccc(OC)c1CO/N=C1\CN(c2nc3c(cc2F)c(=O)c(C(=O)O)cn3C2CC2)CC1CN.CS(=O)(=O)O. The first-order chi connectivity index (χ1) is 20.4. The van der Waals surface area contributed by atoms with E-state index in [4.69, 9.17) is 24.6 Å². The molecule has 3 aromatic rings. The molecule has 0 spiro atoms. The topological polar surface area (TPSA) is 196 Å². The molecule has 16 heteroatoms. The number of benzene rings is 1. The molecule has 0 radical (unpaired) electrons. The van der Waals surface area contributed by atoms with Crippen LogP contribution >= 0.6 is 0 Å². The van der Waals surface area contributed by atoms with E-state index in [1.54, 1.807) is 35.8 Å². The number of carbonyl (C=O) groups is 1. The van der Waals surface area contributed by atoms with Crippen molar-refractivity contribution in [1.29, 1.82) is 0 Å². The monoisotopic (exact) mass is 621 g/mol. The van der Waals surface area contributed by atoms with Crippen LogP contribution in [0.1, 0.15) is 34.8 Å². The molecule has 1 aliphatic heterocycles. The number of nitrogens with two attached hydrogens (primary N) is 1. The zero-order chi connectivity index (χ0) is 31.5. The molecule has 1 atom stereocenters. The summed E-state index contributed by atoms with van der Waals surface area (Å²) in [6, 6.07) is 6.49. The second kappa shape index (κ2) is 12.9. The predicted molar refractivity (Wildman–Crippen MR) is 155 cm³/mol. The normalized spacial score (nSPS) is 17.5. The average molecular weight is 622 g/mol. The van der Waals surface area contributed by atoms with E-state index >= 15 is 4.39 Å². The molecule has 232 valence electrons. The van der Waals surface area contributed by atoms with Crippen LogP contribution in [0, 0.1) is 11.7 Å². The van der Waals surface area contributed by atoms with Gasteiger partial charge in [0.15, 0.2) is 11.6 Å². The van der Waals surface area contributed by atoms with Gasteiger partial charge >= 0.3 is 5.97 Å². The van der Waals surface area contributed by atoms with Gasteiger partial charge in [0.2, 0.25) is 5.43 Å². The lowest BCUT2D eigenvalue weighted by Gasteiger charge is -2.19. The minimum atomic E-state index is -3.67. The summed E-state index contributed by atoms with van der Waals surface area (Å²) in [7, 11) is -0.556. The number of nitrogens with zero attached hydrogens (tertiary/aromatic N) is 4. The lowest BCUT2D eigenvalue weighted by Crippen LogP contribution is -2.26. The molecule has 4 N–H and O–H groups in total. The molecular weight excluding hydrogens is 589 g/mol. The molecule has 2 fully saturated rings. The van der Waals surface area contributed by atoms with Crippen molar-refractivity contribution in [3.63, 3.8) is 0 Å². The number of hydrogen-bond donors (Lipinski definition) is 3. The minimum Gasteiger partial charge on any atom is -0.496 e. The van der Waals surface area contributed by atoms with E-state index < -0.39 is 32.9 Å². The molecule has 1 aromatic carbocycles. The molecular formula is C27H32FN5O9S. The van der Waals surface area contributed by atoms with E-state index in [9.17, 15) is 23.1 Å². The second-order valence-corrected chi connectivity index (χ2v) is 11.5. The van der Waals surface area contributed by atoms with Gasteiger partial charge in [-0.1, -0.05) is 11.2 Å². The molecule has 5 rings (SSSR count). The molecule has 3 heterocycles. The second-order valence-electron chi connectivity index (χ2n) is 10.0. The van der Waals surface area contributed by atoms with Gasteiger partial charge in [-0.25, -0.2) is 14.2 Å². The van der Waals surface area contributed by atoms with E-state index in [0.717, 1.165) is 18.9 Å². The van der Waals surface area contributed by atoms with Crippen molar-refractivity contribution in [2.75, 3.05) is 45.0 Å². The Balaban J connectivity index is 0.000000782. The van der Waals surface area contributed by atoms with E-state index in [1.807, 2.05) is 6.07 Å². The molecule has 2 aliphatic rings. The fourth-order valence-electron chi connectivity index (χ4n) is 4.73. The highest BCUT2D eigenvalue weighted by atomic mass is 32.2. The van der Waals surface area contributed by atoms with Crippen LogP contribution in [0.5, 0.6) is 11.5 Å². The van der Waals surface area contributed by atoms with E-state index in [-0.39, 0.29) is 48.5 Å². The van der Waals surface area contributed by atoms with Gasteiger partial charge in [0.25, 0.3) is 10.1 Å². The Morgan fingerprint density at radius 1 is 1.23 bits per heavy atom. The number of fused-ring (bicyclic) bond motifs is 1. The Bertz CT molecular complexity index is 1690. The highest BCUT2D eigenvalue weighted by Crippen LogP contribution is 2.37. The number of ether oxygens (including phenoxy) is 2. The number of anilines is 1. The number of aromatic carboxylic acids is 1.